The summed E-state index contributed by atoms with van der Waals surface area (Å²) in [5.41, 5.74) is 7.14. The Balaban J connectivity index is 0.00000242. The monoisotopic (exact) mass is 419 g/mol. The van der Waals surface area contributed by atoms with E-state index in [0.717, 1.165) is 30.2 Å². The number of aliphatic imine (C=N–C) groups is 1. The van der Waals surface area contributed by atoms with Gasteiger partial charge in [0.15, 0.2) is 17.5 Å². The van der Waals surface area contributed by atoms with Crippen LogP contribution in [0.2, 0.25) is 0 Å². The summed E-state index contributed by atoms with van der Waals surface area (Å²) in [4.78, 5) is 6.66. The zero-order chi connectivity index (χ0) is 15.1. The van der Waals surface area contributed by atoms with E-state index in [4.69, 9.17) is 15.2 Å². The van der Waals surface area contributed by atoms with E-state index in [1.165, 1.54) is 19.3 Å². The zero-order valence-electron chi connectivity index (χ0n) is 13.4. The molecular formula is C16H26IN3O2. The Bertz CT molecular complexity index is 488. The summed E-state index contributed by atoms with van der Waals surface area (Å²) in [7, 11) is 1.64. The SMILES string of the molecule is CCOc1cc(CN=C(N)N2CCCCC2)ccc1OC.I. The summed E-state index contributed by atoms with van der Waals surface area (Å²) >= 11 is 0. The van der Waals surface area contributed by atoms with Crippen LogP contribution in [0, 0.1) is 0 Å². The van der Waals surface area contributed by atoms with Gasteiger partial charge in [-0.1, -0.05) is 6.07 Å². The van der Waals surface area contributed by atoms with Crippen LogP contribution in [0.1, 0.15) is 31.7 Å². The number of hydrogen-bond acceptors (Lipinski definition) is 3. The van der Waals surface area contributed by atoms with Gasteiger partial charge in [0.1, 0.15) is 0 Å². The molecule has 1 fully saturated rings. The van der Waals surface area contributed by atoms with Gasteiger partial charge < -0.3 is 20.1 Å². The maximum Gasteiger partial charge on any atom is 0.191 e. The van der Waals surface area contributed by atoms with Crippen molar-refractivity contribution < 1.29 is 9.47 Å². The van der Waals surface area contributed by atoms with Gasteiger partial charge in [-0.2, -0.15) is 0 Å². The van der Waals surface area contributed by atoms with Crippen LogP contribution in [0.5, 0.6) is 11.5 Å². The van der Waals surface area contributed by atoms with Crippen molar-refractivity contribution in [2.75, 3.05) is 26.8 Å². The number of guanidine groups is 1. The Morgan fingerprint density at radius 3 is 2.59 bits per heavy atom. The molecule has 5 nitrogen and oxygen atoms in total. The van der Waals surface area contributed by atoms with E-state index in [1.807, 2.05) is 25.1 Å². The van der Waals surface area contributed by atoms with E-state index in [0.29, 0.717) is 19.1 Å². The molecule has 2 rings (SSSR count). The van der Waals surface area contributed by atoms with Crippen molar-refractivity contribution in [3.63, 3.8) is 0 Å². The number of hydrogen-bond donors (Lipinski definition) is 1. The number of likely N-dealkylation sites (tertiary alicyclic amines) is 1. The Kier molecular flexibility index (Phi) is 8.37. The molecule has 1 saturated heterocycles. The number of nitrogens with zero attached hydrogens (tertiary/aromatic N) is 2. The summed E-state index contributed by atoms with van der Waals surface area (Å²) < 4.78 is 10.9. The fourth-order valence-electron chi connectivity index (χ4n) is 2.48. The molecule has 6 heteroatoms. The molecule has 22 heavy (non-hydrogen) atoms. The summed E-state index contributed by atoms with van der Waals surface area (Å²) in [6, 6.07) is 5.87. The molecule has 1 aliphatic rings. The highest BCUT2D eigenvalue weighted by molar-refractivity contribution is 14.0. The van der Waals surface area contributed by atoms with Crippen molar-refractivity contribution in [1.82, 2.24) is 4.90 Å². The van der Waals surface area contributed by atoms with Crippen LogP contribution in [0.3, 0.4) is 0 Å². The number of nitrogens with two attached hydrogens (primary N) is 1. The van der Waals surface area contributed by atoms with Gasteiger partial charge in [0, 0.05) is 13.1 Å². The number of piperidine rings is 1. The van der Waals surface area contributed by atoms with Crippen molar-refractivity contribution in [3.8, 4) is 11.5 Å². The maximum atomic E-state index is 6.07. The molecule has 0 spiro atoms. The molecule has 124 valence electrons. The number of ether oxygens (including phenoxy) is 2. The highest BCUT2D eigenvalue weighted by Gasteiger charge is 2.12. The maximum absolute atomic E-state index is 6.07. The summed E-state index contributed by atoms with van der Waals surface area (Å²) in [6.45, 7) is 5.16. The number of rotatable bonds is 5. The van der Waals surface area contributed by atoms with Crippen LogP contribution in [-0.4, -0.2) is 37.7 Å². The fourth-order valence-corrected chi connectivity index (χ4v) is 2.48. The molecule has 0 amide bonds. The first-order chi connectivity index (χ1) is 10.2. The van der Waals surface area contributed by atoms with Crippen molar-refractivity contribution in [2.24, 2.45) is 10.7 Å². The fraction of sp³-hybridized carbons (Fsp3) is 0.562. The summed E-state index contributed by atoms with van der Waals surface area (Å²) in [5, 5.41) is 0. The first kappa shape index (κ1) is 18.9. The van der Waals surface area contributed by atoms with Crippen LogP contribution >= 0.6 is 24.0 Å². The predicted molar refractivity (Wildman–Crippen MR) is 100 cm³/mol. The first-order valence-corrected chi connectivity index (χ1v) is 7.59. The van der Waals surface area contributed by atoms with E-state index >= 15 is 0 Å². The smallest absolute Gasteiger partial charge is 0.191 e. The molecule has 1 aliphatic heterocycles. The van der Waals surface area contributed by atoms with Gasteiger partial charge in [0.25, 0.3) is 0 Å². The lowest BCUT2D eigenvalue weighted by atomic mass is 10.1. The number of halogens is 1. The lowest BCUT2D eigenvalue weighted by Gasteiger charge is -2.27. The van der Waals surface area contributed by atoms with Gasteiger partial charge in [0.2, 0.25) is 0 Å². The third-order valence-electron chi connectivity index (χ3n) is 3.63. The van der Waals surface area contributed by atoms with Crippen molar-refractivity contribution in [2.45, 2.75) is 32.7 Å². The van der Waals surface area contributed by atoms with E-state index in [9.17, 15) is 0 Å². The van der Waals surface area contributed by atoms with Gasteiger partial charge >= 0.3 is 0 Å². The second-order valence-corrected chi connectivity index (χ2v) is 5.14. The minimum absolute atomic E-state index is 0. The molecule has 1 aromatic carbocycles. The van der Waals surface area contributed by atoms with Gasteiger partial charge in [0.05, 0.1) is 20.3 Å². The van der Waals surface area contributed by atoms with Gasteiger partial charge in [-0.15, -0.1) is 24.0 Å². The largest absolute Gasteiger partial charge is 0.493 e. The third-order valence-corrected chi connectivity index (χ3v) is 3.63. The molecular weight excluding hydrogens is 393 g/mol. The summed E-state index contributed by atoms with van der Waals surface area (Å²) in [5.74, 6) is 2.14. The molecule has 0 saturated carbocycles. The van der Waals surface area contributed by atoms with Crippen LogP contribution < -0.4 is 15.2 Å². The van der Waals surface area contributed by atoms with Gasteiger partial charge in [-0.3, -0.25) is 0 Å². The van der Waals surface area contributed by atoms with Crippen LogP contribution in [-0.2, 0) is 6.54 Å². The lowest BCUT2D eigenvalue weighted by molar-refractivity contribution is 0.310. The quantitative estimate of drug-likeness (QED) is 0.453. The molecule has 0 bridgehead atoms. The normalized spacial score (nSPS) is 15.2. The van der Waals surface area contributed by atoms with Crippen molar-refractivity contribution in [1.29, 1.82) is 0 Å². The Labute approximate surface area is 149 Å². The van der Waals surface area contributed by atoms with Gasteiger partial charge in [-0.05, 0) is 43.9 Å². The molecule has 2 N–H and O–H groups in total. The Morgan fingerprint density at radius 1 is 1.23 bits per heavy atom. The molecule has 1 heterocycles. The standard InChI is InChI=1S/C16H25N3O2.HI/c1-3-21-15-11-13(7-8-14(15)20-2)12-18-16(17)19-9-5-4-6-10-19;/h7-8,11H,3-6,9-10,12H2,1-2H3,(H2,17,18);1H. The lowest BCUT2D eigenvalue weighted by Crippen LogP contribution is -2.40. The van der Waals surface area contributed by atoms with Crippen LogP contribution in [0.4, 0.5) is 0 Å². The van der Waals surface area contributed by atoms with Gasteiger partial charge in [-0.25, -0.2) is 4.99 Å². The number of methoxy groups -OCH3 is 1. The molecule has 0 unspecified atom stereocenters. The minimum atomic E-state index is 0. The topological polar surface area (TPSA) is 60.1 Å². The van der Waals surface area contributed by atoms with Crippen LogP contribution in [0.25, 0.3) is 0 Å². The molecule has 0 radical (unpaired) electrons. The molecule has 1 aromatic rings. The number of benzene rings is 1. The Hall–Kier alpha value is -1.18. The van der Waals surface area contributed by atoms with Crippen LogP contribution in [0.15, 0.2) is 23.2 Å². The first-order valence-electron chi connectivity index (χ1n) is 7.59. The highest BCUT2D eigenvalue weighted by Crippen LogP contribution is 2.28. The van der Waals surface area contributed by atoms with E-state index < -0.39 is 0 Å². The second kappa shape index (κ2) is 9.76. The Morgan fingerprint density at radius 2 is 1.95 bits per heavy atom. The summed E-state index contributed by atoms with van der Waals surface area (Å²) in [6.07, 6.45) is 3.69. The average molecular weight is 419 g/mol. The molecule has 0 aromatic heterocycles. The van der Waals surface area contributed by atoms with Crippen molar-refractivity contribution in [3.05, 3.63) is 23.8 Å². The molecule has 0 aliphatic carbocycles. The third kappa shape index (κ3) is 5.23. The predicted octanol–water partition coefficient (Wildman–Crippen LogP) is 3.01. The molecule has 0 atom stereocenters. The van der Waals surface area contributed by atoms with E-state index in [2.05, 4.69) is 9.89 Å². The average Bonchev–Trinajstić information content (AvgIpc) is 2.54. The minimum Gasteiger partial charge on any atom is -0.493 e. The van der Waals surface area contributed by atoms with E-state index in [-0.39, 0.29) is 24.0 Å². The van der Waals surface area contributed by atoms with Crippen molar-refractivity contribution >= 4 is 29.9 Å². The van der Waals surface area contributed by atoms with E-state index in [1.54, 1.807) is 7.11 Å². The second-order valence-electron chi connectivity index (χ2n) is 5.14. The zero-order valence-corrected chi connectivity index (χ0v) is 15.7. The highest BCUT2D eigenvalue weighted by atomic mass is 127.